The van der Waals surface area contributed by atoms with Crippen LogP contribution in [0.4, 0.5) is 5.69 Å². The Bertz CT molecular complexity index is 654. The van der Waals surface area contributed by atoms with Crippen molar-refractivity contribution in [2.24, 2.45) is 5.73 Å². The summed E-state index contributed by atoms with van der Waals surface area (Å²) in [7, 11) is 0. The number of hydrogen-bond donors (Lipinski definition) is 1. The van der Waals surface area contributed by atoms with Crippen LogP contribution < -0.4 is 10.6 Å². The molecule has 4 heteroatoms. The maximum Gasteiger partial charge on any atom is 0.247 e. The summed E-state index contributed by atoms with van der Waals surface area (Å²) >= 11 is 6.23. The zero-order chi connectivity index (χ0) is 14.3. The predicted molar refractivity (Wildman–Crippen MR) is 80.8 cm³/mol. The number of nitrogens with two attached hydrogens (primary N) is 1. The van der Waals surface area contributed by atoms with Crippen molar-refractivity contribution in [3.8, 4) is 0 Å². The summed E-state index contributed by atoms with van der Waals surface area (Å²) < 4.78 is 0. The minimum Gasteiger partial charge on any atom is -0.318 e. The van der Waals surface area contributed by atoms with Crippen molar-refractivity contribution in [2.45, 2.75) is 19.0 Å². The molecule has 1 aliphatic heterocycles. The van der Waals surface area contributed by atoms with E-state index in [9.17, 15) is 4.79 Å². The molecule has 0 spiro atoms. The average Bonchev–Trinajstić information content (AvgIpc) is 2.46. The highest BCUT2D eigenvalue weighted by molar-refractivity contribution is 6.31. The summed E-state index contributed by atoms with van der Waals surface area (Å²) in [6.45, 7) is 2.01. The molecule has 3 rings (SSSR count). The first kappa shape index (κ1) is 13.2. The van der Waals surface area contributed by atoms with Crippen LogP contribution in [0, 0.1) is 6.92 Å². The Balaban J connectivity index is 2.00. The van der Waals surface area contributed by atoms with Gasteiger partial charge >= 0.3 is 0 Å². The van der Waals surface area contributed by atoms with E-state index in [1.54, 1.807) is 4.90 Å². The highest BCUT2D eigenvalue weighted by atomic mass is 35.5. The fourth-order valence-corrected chi connectivity index (χ4v) is 2.80. The van der Waals surface area contributed by atoms with Crippen LogP contribution in [0.2, 0.25) is 5.02 Å². The minimum absolute atomic E-state index is 0.0706. The third kappa shape index (κ3) is 1.99. The first-order valence-corrected chi connectivity index (χ1v) is 6.87. The highest BCUT2D eigenvalue weighted by Gasteiger charge is 2.47. The van der Waals surface area contributed by atoms with E-state index < -0.39 is 6.04 Å². The molecule has 2 N–H and O–H groups in total. The number of hydrogen-bond acceptors (Lipinski definition) is 2. The predicted octanol–water partition coefficient (Wildman–Crippen LogP) is 3.06. The third-order valence-corrected chi connectivity index (χ3v) is 4.02. The Kier molecular flexibility index (Phi) is 3.24. The van der Waals surface area contributed by atoms with Crippen molar-refractivity contribution in [2.75, 3.05) is 4.90 Å². The Hall–Kier alpha value is -1.84. The van der Waals surface area contributed by atoms with E-state index in [1.165, 1.54) is 0 Å². The number of benzene rings is 2. The van der Waals surface area contributed by atoms with Gasteiger partial charge in [-0.2, -0.15) is 0 Å². The van der Waals surface area contributed by atoms with E-state index in [0.717, 1.165) is 16.8 Å². The van der Waals surface area contributed by atoms with Gasteiger partial charge in [-0.1, -0.05) is 47.5 Å². The summed E-state index contributed by atoms with van der Waals surface area (Å²) in [5, 5.41) is 0.637. The molecule has 2 atom stereocenters. The number of β-lactam (4-membered cyclic amide) rings is 1. The standard InChI is InChI=1S/C16H15ClN2O/c1-10-6-8-11(9-7-10)19-15(14(18)16(19)20)12-4-2-3-5-13(12)17/h2-9,14-15H,18H2,1H3/t14-,15-/m1/s1. The molecule has 2 aromatic carbocycles. The molecule has 1 saturated heterocycles. The van der Waals surface area contributed by atoms with Gasteiger partial charge in [-0.15, -0.1) is 0 Å². The smallest absolute Gasteiger partial charge is 0.247 e. The van der Waals surface area contributed by atoms with Gasteiger partial charge in [0.2, 0.25) is 5.91 Å². The van der Waals surface area contributed by atoms with Crippen LogP contribution in [0.15, 0.2) is 48.5 Å². The summed E-state index contributed by atoms with van der Waals surface area (Å²) in [5.74, 6) is -0.0706. The van der Waals surface area contributed by atoms with Gasteiger partial charge in [0.05, 0.1) is 6.04 Å². The molecule has 1 amide bonds. The van der Waals surface area contributed by atoms with E-state index in [0.29, 0.717) is 5.02 Å². The van der Waals surface area contributed by atoms with Crippen molar-refractivity contribution in [3.63, 3.8) is 0 Å². The van der Waals surface area contributed by atoms with Gasteiger partial charge in [0.1, 0.15) is 6.04 Å². The summed E-state index contributed by atoms with van der Waals surface area (Å²) in [6.07, 6.45) is 0. The Morgan fingerprint density at radius 1 is 1.10 bits per heavy atom. The average molecular weight is 287 g/mol. The molecule has 0 radical (unpaired) electrons. The number of nitrogens with zero attached hydrogens (tertiary/aromatic N) is 1. The van der Waals surface area contributed by atoms with Crippen molar-refractivity contribution in [1.29, 1.82) is 0 Å². The number of amides is 1. The Labute approximate surface area is 123 Å². The first-order chi connectivity index (χ1) is 9.59. The van der Waals surface area contributed by atoms with Gasteiger partial charge in [0.25, 0.3) is 0 Å². The number of carbonyl (C=O) groups excluding carboxylic acids is 1. The molecular weight excluding hydrogens is 272 g/mol. The van der Waals surface area contributed by atoms with Crippen LogP contribution in [-0.4, -0.2) is 11.9 Å². The fourth-order valence-electron chi connectivity index (χ4n) is 2.55. The number of carbonyl (C=O) groups is 1. The van der Waals surface area contributed by atoms with E-state index >= 15 is 0 Å². The number of anilines is 1. The lowest BCUT2D eigenvalue weighted by atomic mass is 9.88. The van der Waals surface area contributed by atoms with Crippen LogP contribution >= 0.6 is 11.6 Å². The summed E-state index contributed by atoms with van der Waals surface area (Å²) in [4.78, 5) is 13.8. The highest BCUT2D eigenvalue weighted by Crippen LogP contribution is 2.40. The zero-order valence-electron chi connectivity index (χ0n) is 11.1. The lowest BCUT2D eigenvalue weighted by Crippen LogP contribution is -2.63. The summed E-state index contributed by atoms with van der Waals surface area (Å²) in [6, 6.07) is 14.6. The fraction of sp³-hybridized carbons (Fsp3) is 0.188. The first-order valence-electron chi connectivity index (χ1n) is 6.49. The van der Waals surface area contributed by atoms with E-state index in [-0.39, 0.29) is 11.9 Å². The molecule has 0 aromatic heterocycles. The van der Waals surface area contributed by atoms with Gasteiger partial charge in [0.15, 0.2) is 0 Å². The molecule has 2 aromatic rings. The lowest BCUT2D eigenvalue weighted by Gasteiger charge is -2.45. The topological polar surface area (TPSA) is 46.3 Å². The van der Waals surface area contributed by atoms with Gasteiger partial charge < -0.3 is 10.6 Å². The quantitative estimate of drug-likeness (QED) is 0.863. The molecule has 3 nitrogen and oxygen atoms in total. The molecule has 20 heavy (non-hydrogen) atoms. The monoisotopic (exact) mass is 286 g/mol. The second-order valence-electron chi connectivity index (χ2n) is 5.04. The molecule has 0 bridgehead atoms. The van der Waals surface area contributed by atoms with Gasteiger partial charge in [0, 0.05) is 10.7 Å². The van der Waals surface area contributed by atoms with E-state index in [4.69, 9.17) is 17.3 Å². The van der Waals surface area contributed by atoms with Crippen LogP contribution in [-0.2, 0) is 4.79 Å². The van der Waals surface area contributed by atoms with E-state index in [2.05, 4.69) is 0 Å². The van der Waals surface area contributed by atoms with Crippen molar-refractivity contribution >= 4 is 23.2 Å². The Morgan fingerprint density at radius 3 is 2.40 bits per heavy atom. The lowest BCUT2D eigenvalue weighted by molar-refractivity contribution is -0.126. The largest absolute Gasteiger partial charge is 0.318 e. The molecule has 1 fully saturated rings. The molecular formula is C16H15ClN2O. The molecule has 0 aliphatic carbocycles. The van der Waals surface area contributed by atoms with Crippen LogP contribution in [0.25, 0.3) is 0 Å². The molecule has 0 saturated carbocycles. The van der Waals surface area contributed by atoms with Gasteiger partial charge in [-0.25, -0.2) is 0 Å². The second kappa shape index (κ2) is 4.93. The second-order valence-corrected chi connectivity index (χ2v) is 5.44. The van der Waals surface area contributed by atoms with Crippen molar-refractivity contribution in [3.05, 3.63) is 64.7 Å². The maximum absolute atomic E-state index is 12.1. The molecule has 1 heterocycles. The SMILES string of the molecule is Cc1ccc(N2C(=O)[C@H](N)[C@H]2c2ccccc2Cl)cc1. The number of halogens is 1. The minimum atomic E-state index is -0.531. The van der Waals surface area contributed by atoms with Gasteiger partial charge in [-0.3, -0.25) is 4.79 Å². The molecule has 1 aliphatic rings. The third-order valence-electron chi connectivity index (χ3n) is 3.68. The van der Waals surface area contributed by atoms with Crippen LogP contribution in [0.3, 0.4) is 0 Å². The maximum atomic E-state index is 12.1. The molecule has 0 unspecified atom stereocenters. The van der Waals surface area contributed by atoms with Crippen LogP contribution in [0.1, 0.15) is 17.2 Å². The van der Waals surface area contributed by atoms with Crippen LogP contribution in [0.5, 0.6) is 0 Å². The number of rotatable bonds is 2. The van der Waals surface area contributed by atoms with Gasteiger partial charge in [-0.05, 0) is 30.7 Å². The number of aryl methyl sites for hydroxylation is 1. The van der Waals surface area contributed by atoms with Crippen molar-refractivity contribution < 1.29 is 4.79 Å². The Morgan fingerprint density at radius 2 is 1.75 bits per heavy atom. The van der Waals surface area contributed by atoms with E-state index in [1.807, 2.05) is 55.5 Å². The molecule has 102 valence electrons. The van der Waals surface area contributed by atoms with Crippen molar-refractivity contribution in [1.82, 2.24) is 0 Å². The zero-order valence-corrected chi connectivity index (χ0v) is 11.8. The normalized spacial score (nSPS) is 21.8. The summed E-state index contributed by atoms with van der Waals surface area (Å²) in [5.41, 5.74) is 8.87.